The van der Waals surface area contributed by atoms with Crippen LogP contribution in [-0.4, -0.2) is 13.1 Å². The molecule has 2 nitrogen and oxygen atoms in total. The zero-order valence-electron chi connectivity index (χ0n) is 17.2. The van der Waals surface area contributed by atoms with E-state index in [4.69, 9.17) is 0 Å². The Kier molecular flexibility index (Phi) is 4.92. The number of hydrogen-bond donors (Lipinski definition) is 0. The Morgan fingerprint density at radius 2 is 1.63 bits per heavy atom. The zero-order valence-corrected chi connectivity index (χ0v) is 17.2. The maximum absolute atomic E-state index is 14.3. The van der Waals surface area contributed by atoms with Crippen LogP contribution in [0.5, 0.6) is 0 Å². The van der Waals surface area contributed by atoms with Crippen molar-refractivity contribution in [3.05, 3.63) is 69.5 Å². The first-order valence-corrected chi connectivity index (χ1v) is 9.56. The Hall–Kier alpha value is -2.16. The quantitative estimate of drug-likeness (QED) is 0.634. The van der Waals surface area contributed by atoms with Gasteiger partial charge in [-0.1, -0.05) is 45.9 Å². The summed E-state index contributed by atoms with van der Waals surface area (Å²) in [5.41, 5.74) is 6.46. The molecule has 0 unspecified atom stereocenters. The molecule has 1 aliphatic carbocycles. The van der Waals surface area contributed by atoms with Gasteiger partial charge in [0.15, 0.2) is 0 Å². The van der Waals surface area contributed by atoms with Gasteiger partial charge in [0.1, 0.15) is 5.82 Å². The summed E-state index contributed by atoms with van der Waals surface area (Å²) in [5.74, 6) is -1.18. The third-order valence-electron chi connectivity index (χ3n) is 6.14. The van der Waals surface area contributed by atoms with Crippen LogP contribution in [0.15, 0.2) is 30.3 Å². The predicted octanol–water partition coefficient (Wildman–Crippen LogP) is 5.86. The van der Waals surface area contributed by atoms with Crippen LogP contribution >= 0.6 is 0 Å². The molecule has 2 aromatic rings. The summed E-state index contributed by atoms with van der Waals surface area (Å²) in [7, 11) is 1.26. The van der Waals surface area contributed by atoms with Gasteiger partial charge in [0, 0.05) is 0 Å². The summed E-state index contributed by atoms with van der Waals surface area (Å²) in [6, 6.07) is 9.41. The molecule has 0 bridgehead atoms. The van der Waals surface area contributed by atoms with E-state index in [1.165, 1.54) is 47.9 Å². The highest BCUT2D eigenvalue weighted by molar-refractivity contribution is 5.89. The van der Waals surface area contributed by atoms with Crippen molar-refractivity contribution in [2.24, 2.45) is 0 Å². The highest BCUT2D eigenvalue weighted by atomic mass is 19.1. The second-order valence-corrected chi connectivity index (χ2v) is 9.07. The van der Waals surface area contributed by atoms with Crippen molar-refractivity contribution in [2.45, 2.75) is 64.7 Å². The highest BCUT2D eigenvalue weighted by Gasteiger charge is 2.37. The molecule has 2 aromatic carbocycles. The van der Waals surface area contributed by atoms with E-state index in [2.05, 4.69) is 51.5 Å². The minimum Gasteiger partial charge on any atom is -0.465 e. The first-order chi connectivity index (χ1) is 12.5. The molecular weight excluding hydrogens is 339 g/mol. The van der Waals surface area contributed by atoms with Gasteiger partial charge in [-0.15, -0.1) is 0 Å². The summed E-state index contributed by atoms with van der Waals surface area (Å²) in [5, 5.41) is 0. The lowest BCUT2D eigenvalue weighted by Crippen LogP contribution is -2.34. The molecule has 0 spiro atoms. The molecule has 0 radical (unpaired) electrons. The number of esters is 1. The summed E-state index contributed by atoms with van der Waals surface area (Å²) < 4.78 is 18.9. The molecule has 0 saturated heterocycles. The molecule has 0 N–H and O–H groups in total. The molecule has 3 rings (SSSR count). The Morgan fingerprint density at radius 1 is 1.04 bits per heavy atom. The van der Waals surface area contributed by atoms with Gasteiger partial charge in [-0.05, 0) is 77.0 Å². The van der Waals surface area contributed by atoms with Gasteiger partial charge in [-0.25, -0.2) is 9.18 Å². The fraction of sp³-hybridized carbons (Fsp3) is 0.458. The minimum atomic E-state index is -0.645. The highest BCUT2D eigenvalue weighted by Crippen LogP contribution is 2.46. The van der Waals surface area contributed by atoms with Gasteiger partial charge in [0.2, 0.25) is 0 Å². The number of rotatable bonds is 3. The zero-order chi connectivity index (χ0) is 20.0. The average molecular weight is 368 g/mol. The van der Waals surface area contributed by atoms with Gasteiger partial charge < -0.3 is 4.74 Å². The maximum atomic E-state index is 14.3. The molecule has 3 heteroatoms. The fourth-order valence-corrected chi connectivity index (χ4v) is 4.12. The Bertz CT molecular complexity index is 893. The Labute approximate surface area is 161 Å². The van der Waals surface area contributed by atoms with Crippen LogP contribution < -0.4 is 0 Å². The summed E-state index contributed by atoms with van der Waals surface area (Å²) in [4.78, 5) is 11.6. The van der Waals surface area contributed by atoms with Crippen molar-refractivity contribution >= 4 is 5.97 Å². The number of ether oxygens (including phenoxy) is 1. The molecule has 1 aliphatic rings. The smallest absolute Gasteiger partial charge is 0.340 e. The molecule has 0 amide bonds. The van der Waals surface area contributed by atoms with Crippen molar-refractivity contribution < 1.29 is 13.9 Å². The van der Waals surface area contributed by atoms with Crippen LogP contribution in [0, 0.1) is 12.7 Å². The standard InChI is InChI=1S/C24H29FO2/c1-15-11-19-20(24(4,5)10-9-23(19,2)3)14-17(15)12-16-7-8-18(21(25)13-16)22(26)27-6/h7-8,11,13-14H,9-10,12H2,1-6H3. The number of halogens is 1. The van der Waals surface area contributed by atoms with E-state index in [0.717, 1.165) is 12.0 Å². The normalized spacial score (nSPS) is 17.3. The maximum Gasteiger partial charge on any atom is 0.340 e. The molecule has 0 aliphatic heterocycles. The van der Waals surface area contributed by atoms with Crippen molar-refractivity contribution in [1.82, 2.24) is 0 Å². The average Bonchev–Trinajstić information content (AvgIpc) is 2.60. The molecule has 0 heterocycles. The minimum absolute atomic E-state index is 0.0219. The molecule has 0 atom stereocenters. The number of aryl methyl sites for hydroxylation is 1. The Morgan fingerprint density at radius 3 is 2.19 bits per heavy atom. The van der Waals surface area contributed by atoms with E-state index in [-0.39, 0.29) is 16.4 Å². The SMILES string of the molecule is COC(=O)c1ccc(Cc2cc3c(cc2C)C(C)(C)CCC3(C)C)cc1F. The molecule has 27 heavy (non-hydrogen) atoms. The van der Waals surface area contributed by atoms with Gasteiger partial charge in [-0.3, -0.25) is 0 Å². The number of benzene rings is 2. The van der Waals surface area contributed by atoms with Crippen LogP contribution in [0.25, 0.3) is 0 Å². The second-order valence-electron chi connectivity index (χ2n) is 9.07. The van der Waals surface area contributed by atoms with Crippen molar-refractivity contribution in [3.63, 3.8) is 0 Å². The first kappa shape index (κ1) is 19.6. The number of fused-ring (bicyclic) bond motifs is 1. The topological polar surface area (TPSA) is 26.3 Å². The van der Waals surface area contributed by atoms with Gasteiger partial charge >= 0.3 is 5.97 Å². The lowest BCUT2D eigenvalue weighted by molar-refractivity contribution is 0.0595. The van der Waals surface area contributed by atoms with E-state index in [1.54, 1.807) is 0 Å². The first-order valence-electron chi connectivity index (χ1n) is 9.56. The van der Waals surface area contributed by atoms with E-state index in [9.17, 15) is 9.18 Å². The van der Waals surface area contributed by atoms with Crippen LogP contribution in [-0.2, 0) is 22.0 Å². The summed E-state index contributed by atoms with van der Waals surface area (Å²) in [6.45, 7) is 11.4. The molecule has 144 valence electrons. The lowest BCUT2D eigenvalue weighted by atomic mass is 9.62. The van der Waals surface area contributed by atoms with Gasteiger partial charge in [0.25, 0.3) is 0 Å². The predicted molar refractivity (Wildman–Crippen MR) is 107 cm³/mol. The number of hydrogen-bond acceptors (Lipinski definition) is 2. The number of carbonyl (C=O) groups excluding carboxylic acids is 1. The fourth-order valence-electron chi connectivity index (χ4n) is 4.12. The van der Waals surface area contributed by atoms with E-state index in [1.807, 2.05) is 6.07 Å². The van der Waals surface area contributed by atoms with Crippen LogP contribution in [0.2, 0.25) is 0 Å². The monoisotopic (exact) mass is 368 g/mol. The largest absolute Gasteiger partial charge is 0.465 e. The Balaban J connectivity index is 1.99. The van der Waals surface area contributed by atoms with Gasteiger partial charge in [0.05, 0.1) is 12.7 Å². The summed E-state index contributed by atoms with van der Waals surface area (Å²) >= 11 is 0. The van der Waals surface area contributed by atoms with Crippen molar-refractivity contribution in [1.29, 1.82) is 0 Å². The summed E-state index contributed by atoms with van der Waals surface area (Å²) in [6.07, 6.45) is 3.00. The molecule has 0 aromatic heterocycles. The third kappa shape index (κ3) is 3.65. The van der Waals surface area contributed by atoms with Crippen molar-refractivity contribution in [3.8, 4) is 0 Å². The number of carbonyl (C=O) groups is 1. The lowest BCUT2D eigenvalue weighted by Gasteiger charge is -2.42. The second kappa shape index (κ2) is 6.78. The molecular formula is C24H29FO2. The van der Waals surface area contributed by atoms with E-state index in [0.29, 0.717) is 6.42 Å². The van der Waals surface area contributed by atoms with Crippen LogP contribution in [0.1, 0.15) is 78.7 Å². The van der Waals surface area contributed by atoms with Crippen LogP contribution in [0.4, 0.5) is 4.39 Å². The van der Waals surface area contributed by atoms with Crippen molar-refractivity contribution in [2.75, 3.05) is 7.11 Å². The number of methoxy groups -OCH3 is 1. The van der Waals surface area contributed by atoms with E-state index < -0.39 is 11.8 Å². The van der Waals surface area contributed by atoms with Crippen LogP contribution in [0.3, 0.4) is 0 Å². The van der Waals surface area contributed by atoms with Gasteiger partial charge in [-0.2, -0.15) is 0 Å². The van der Waals surface area contributed by atoms with E-state index >= 15 is 0 Å². The molecule has 0 fully saturated rings. The molecule has 0 saturated carbocycles. The third-order valence-corrected chi connectivity index (χ3v) is 6.14.